The Labute approximate surface area is 118 Å². The number of aliphatic carboxylic acids is 1. The summed E-state index contributed by atoms with van der Waals surface area (Å²) in [7, 11) is 0. The first kappa shape index (κ1) is 14.4. The van der Waals surface area contributed by atoms with E-state index in [1.54, 1.807) is 4.90 Å². The number of hydrogen-bond acceptors (Lipinski definition) is 2. The van der Waals surface area contributed by atoms with Gasteiger partial charge in [0.05, 0.1) is 5.92 Å². The number of carboxylic acid groups (broad SMARTS) is 1. The van der Waals surface area contributed by atoms with Crippen LogP contribution in [0, 0.1) is 11.8 Å². The summed E-state index contributed by atoms with van der Waals surface area (Å²) < 4.78 is 0. The van der Waals surface area contributed by atoms with Crippen molar-refractivity contribution in [1.82, 2.24) is 10.2 Å². The molecule has 0 radical (unpaired) electrons. The third-order valence-electron chi connectivity index (χ3n) is 3.58. The molecular weight excluding hydrogens is 256 g/mol. The summed E-state index contributed by atoms with van der Waals surface area (Å²) in [5, 5.41) is 11.9. The minimum Gasteiger partial charge on any atom is -0.481 e. The minimum absolute atomic E-state index is 0.188. The Morgan fingerprint density at radius 1 is 1.30 bits per heavy atom. The highest BCUT2D eigenvalue weighted by Crippen LogP contribution is 2.21. The molecule has 20 heavy (non-hydrogen) atoms. The maximum absolute atomic E-state index is 12.1. The van der Waals surface area contributed by atoms with E-state index in [2.05, 4.69) is 5.32 Å². The summed E-state index contributed by atoms with van der Waals surface area (Å²) in [4.78, 5) is 24.8. The van der Waals surface area contributed by atoms with Gasteiger partial charge in [0.15, 0.2) is 0 Å². The second-order valence-corrected chi connectivity index (χ2v) is 5.43. The van der Waals surface area contributed by atoms with Gasteiger partial charge >= 0.3 is 12.0 Å². The normalized spacial score (nSPS) is 22.4. The standard InChI is InChI=1S/C15H20N2O3/c1-11-7-13(14(18)19)10-17(9-11)15(20)16-8-12-5-3-2-4-6-12/h2-6,11,13H,7-10H2,1H3,(H,16,20)(H,18,19). The van der Waals surface area contributed by atoms with Gasteiger partial charge in [0.2, 0.25) is 0 Å². The van der Waals surface area contributed by atoms with Gasteiger partial charge in [-0.15, -0.1) is 0 Å². The monoisotopic (exact) mass is 276 g/mol. The van der Waals surface area contributed by atoms with Gasteiger partial charge in [0.1, 0.15) is 0 Å². The second kappa shape index (κ2) is 6.41. The van der Waals surface area contributed by atoms with E-state index in [0.717, 1.165) is 5.56 Å². The van der Waals surface area contributed by atoms with E-state index in [1.165, 1.54) is 0 Å². The number of nitrogens with zero attached hydrogens (tertiary/aromatic N) is 1. The van der Waals surface area contributed by atoms with Gasteiger partial charge in [-0.25, -0.2) is 4.79 Å². The lowest BCUT2D eigenvalue weighted by Gasteiger charge is -2.34. The number of rotatable bonds is 3. The van der Waals surface area contributed by atoms with Crippen molar-refractivity contribution in [2.45, 2.75) is 19.9 Å². The largest absolute Gasteiger partial charge is 0.481 e. The average Bonchev–Trinajstić information content (AvgIpc) is 2.45. The lowest BCUT2D eigenvalue weighted by Crippen LogP contribution is -2.49. The molecule has 2 rings (SSSR count). The first-order chi connectivity index (χ1) is 9.56. The number of amides is 2. The minimum atomic E-state index is -0.822. The van der Waals surface area contributed by atoms with E-state index in [0.29, 0.717) is 26.1 Å². The highest BCUT2D eigenvalue weighted by molar-refractivity contribution is 5.76. The van der Waals surface area contributed by atoms with E-state index in [1.807, 2.05) is 37.3 Å². The molecule has 1 aromatic rings. The topological polar surface area (TPSA) is 69.6 Å². The number of hydrogen-bond donors (Lipinski definition) is 2. The number of carbonyl (C=O) groups is 2. The molecule has 1 aliphatic rings. The highest BCUT2D eigenvalue weighted by Gasteiger charge is 2.31. The zero-order valence-electron chi connectivity index (χ0n) is 11.6. The number of piperidine rings is 1. The first-order valence-electron chi connectivity index (χ1n) is 6.85. The molecule has 5 nitrogen and oxygen atoms in total. The number of benzene rings is 1. The van der Waals surface area contributed by atoms with Crippen molar-refractivity contribution >= 4 is 12.0 Å². The fourth-order valence-electron chi connectivity index (χ4n) is 2.58. The quantitative estimate of drug-likeness (QED) is 0.886. The van der Waals surface area contributed by atoms with Crippen LogP contribution in [0.15, 0.2) is 30.3 Å². The van der Waals surface area contributed by atoms with Crippen LogP contribution < -0.4 is 5.32 Å². The second-order valence-electron chi connectivity index (χ2n) is 5.43. The van der Waals surface area contributed by atoms with E-state index in [-0.39, 0.29) is 11.9 Å². The molecule has 0 saturated carbocycles. The van der Waals surface area contributed by atoms with Gasteiger partial charge in [-0.3, -0.25) is 4.79 Å². The molecule has 0 bridgehead atoms. The molecule has 1 fully saturated rings. The zero-order chi connectivity index (χ0) is 14.5. The van der Waals surface area contributed by atoms with Crippen LogP contribution in [-0.4, -0.2) is 35.1 Å². The molecule has 2 unspecified atom stereocenters. The van der Waals surface area contributed by atoms with Crippen molar-refractivity contribution < 1.29 is 14.7 Å². The van der Waals surface area contributed by atoms with E-state index >= 15 is 0 Å². The molecular formula is C15H20N2O3. The van der Waals surface area contributed by atoms with E-state index in [4.69, 9.17) is 5.11 Å². The Bertz CT molecular complexity index is 475. The van der Waals surface area contributed by atoms with Crippen molar-refractivity contribution in [2.24, 2.45) is 11.8 Å². The molecule has 2 amide bonds. The number of carbonyl (C=O) groups excluding carboxylic acids is 1. The summed E-state index contributed by atoms with van der Waals surface area (Å²) in [5.41, 5.74) is 1.03. The van der Waals surface area contributed by atoms with Crippen LogP contribution in [-0.2, 0) is 11.3 Å². The maximum Gasteiger partial charge on any atom is 0.317 e. The fourth-order valence-corrected chi connectivity index (χ4v) is 2.58. The van der Waals surface area contributed by atoms with Gasteiger partial charge in [-0.1, -0.05) is 37.3 Å². The molecule has 2 N–H and O–H groups in total. The summed E-state index contributed by atoms with van der Waals surface area (Å²) in [5.74, 6) is -1.06. The Kier molecular flexibility index (Phi) is 4.61. The Morgan fingerprint density at radius 3 is 2.65 bits per heavy atom. The van der Waals surface area contributed by atoms with Crippen LogP contribution in [0.5, 0.6) is 0 Å². The SMILES string of the molecule is CC1CC(C(=O)O)CN(C(=O)NCc2ccccc2)C1. The Hall–Kier alpha value is -2.04. The summed E-state index contributed by atoms with van der Waals surface area (Å²) in [6.45, 7) is 3.35. The molecule has 1 aromatic carbocycles. The van der Waals surface area contributed by atoms with Gasteiger partial charge in [0.25, 0.3) is 0 Å². The van der Waals surface area contributed by atoms with Crippen LogP contribution in [0.2, 0.25) is 0 Å². The lowest BCUT2D eigenvalue weighted by atomic mass is 9.91. The molecule has 1 aliphatic heterocycles. The van der Waals surface area contributed by atoms with Crippen molar-refractivity contribution in [3.05, 3.63) is 35.9 Å². The maximum atomic E-state index is 12.1. The molecule has 1 heterocycles. The van der Waals surface area contributed by atoms with Gasteiger partial charge in [-0.2, -0.15) is 0 Å². The van der Waals surface area contributed by atoms with Gasteiger partial charge in [0, 0.05) is 19.6 Å². The predicted molar refractivity (Wildman–Crippen MR) is 75.2 cm³/mol. The van der Waals surface area contributed by atoms with Gasteiger partial charge in [-0.05, 0) is 17.9 Å². The summed E-state index contributed by atoms with van der Waals surface area (Å²) in [6.07, 6.45) is 0.637. The molecule has 0 spiro atoms. The number of likely N-dealkylation sites (tertiary alicyclic amines) is 1. The van der Waals surface area contributed by atoms with Crippen LogP contribution in [0.4, 0.5) is 4.79 Å². The van der Waals surface area contributed by atoms with E-state index in [9.17, 15) is 9.59 Å². The molecule has 2 atom stereocenters. The van der Waals surface area contributed by atoms with Crippen molar-refractivity contribution in [2.75, 3.05) is 13.1 Å². The lowest BCUT2D eigenvalue weighted by molar-refractivity contribution is -0.143. The van der Waals surface area contributed by atoms with Gasteiger partial charge < -0.3 is 15.3 Å². The highest BCUT2D eigenvalue weighted by atomic mass is 16.4. The number of carboxylic acids is 1. The van der Waals surface area contributed by atoms with Crippen molar-refractivity contribution in [3.8, 4) is 0 Å². The molecule has 0 aromatic heterocycles. The van der Waals surface area contributed by atoms with Crippen LogP contribution >= 0.6 is 0 Å². The molecule has 5 heteroatoms. The number of urea groups is 1. The van der Waals surface area contributed by atoms with Crippen molar-refractivity contribution in [1.29, 1.82) is 0 Å². The molecule has 1 saturated heterocycles. The third-order valence-corrected chi connectivity index (χ3v) is 3.58. The third kappa shape index (κ3) is 3.73. The fraction of sp³-hybridized carbons (Fsp3) is 0.467. The Morgan fingerprint density at radius 2 is 2.00 bits per heavy atom. The van der Waals surface area contributed by atoms with Crippen LogP contribution in [0.3, 0.4) is 0 Å². The van der Waals surface area contributed by atoms with Crippen LogP contribution in [0.25, 0.3) is 0 Å². The first-order valence-corrected chi connectivity index (χ1v) is 6.85. The molecule has 0 aliphatic carbocycles. The molecule has 108 valence electrons. The summed E-state index contributed by atoms with van der Waals surface area (Å²) in [6, 6.07) is 9.47. The average molecular weight is 276 g/mol. The van der Waals surface area contributed by atoms with Crippen LogP contribution in [0.1, 0.15) is 18.9 Å². The van der Waals surface area contributed by atoms with E-state index < -0.39 is 11.9 Å². The zero-order valence-corrected chi connectivity index (χ0v) is 11.6. The van der Waals surface area contributed by atoms with Crippen molar-refractivity contribution in [3.63, 3.8) is 0 Å². The predicted octanol–water partition coefficient (Wildman–Crippen LogP) is 1.94. The smallest absolute Gasteiger partial charge is 0.317 e. The summed E-state index contributed by atoms with van der Waals surface area (Å²) >= 11 is 0. The Balaban J connectivity index is 1.90. The number of nitrogens with one attached hydrogen (secondary N) is 1.